The fourth-order valence-electron chi connectivity index (χ4n) is 1.09. The zero-order valence-corrected chi connectivity index (χ0v) is 9.26. The number of hydrogen-bond acceptors (Lipinski definition) is 2. The van der Waals surface area contributed by atoms with Gasteiger partial charge in [0.15, 0.2) is 6.29 Å². The van der Waals surface area contributed by atoms with E-state index in [1.54, 1.807) is 6.07 Å². The molecule has 1 N–H and O–H groups in total. The van der Waals surface area contributed by atoms with Crippen molar-refractivity contribution >= 4 is 51.5 Å². The fourth-order valence-corrected chi connectivity index (χ4v) is 1.85. The Hall–Kier alpha value is -0.620. The summed E-state index contributed by atoms with van der Waals surface area (Å²) in [6.07, 6.45) is 2.47. The van der Waals surface area contributed by atoms with Crippen LogP contribution >= 0.6 is 34.2 Å². The van der Waals surface area contributed by atoms with Crippen molar-refractivity contribution < 1.29 is 4.79 Å². The van der Waals surface area contributed by atoms with Gasteiger partial charge in [-0.3, -0.25) is 4.79 Å². The minimum absolute atomic E-state index is 0.271. The highest BCUT2D eigenvalue weighted by molar-refractivity contribution is 14.1. The van der Waals surface area contributed by atoms with E-state index in [1.807, 2.05) is 6.20 Å². The number of hydrogen-bond donors (Lipinski definition) is 1. The summed E-state index contributed by atoms with van der Waals surface area (Å²) in [5, 5.41) is 1.33. The monoisotopic (exact) mass is 306 g/mol. The molecule has 0 fully saturated rings. The van der Waals surface area contributed by atoms with Crippen molar-refractivity contribution in [2.75, 3.05) is 0 Å². The zero-order valence-electron chi connectivity index (χ0n) is 6.34. The van der Waals surface area contributed by atoms with Crippen LogP contribution in [0, 0.1) is 3.57 Å². The molecule has 2 rings (SSSR count). The van der Waals surface area contributed by atoms with Crippen molar-refractivity contribution in [3.05, 3.63) is 26.5 Å². The Morgan fingerprint density at radius 1 is 1.62 bits per heavy atom. The molecule has 0 spiro atoms. The van der Waals surface area contributed by atoms with Gasteiger partial charge in [0.2, 0.25) is 0 Å². The van der Waals surface area contributed by atoms with Crippen LogP contribution < -0.4 is 0 Å². The third kappa shape index (κ3) is 1.44. The van der Waals surface area contributed by atoms with Gasteiger partial charge in [-0.1, -0.05) is 11.6 Å². The first-order valence-electron chi connectivity index (χ1n) is 3.50. The van der Waals surface area contributed by atoms with Crippen molar-refractivity contribution in [1.82, 2.24) is 9.97 Å². The van der Waals surface area contributed by atoms with E-state index < -0.39 is 0 Å². The molecule has 0 radical (unpaired) electrons. The van der Waals surface area contributed by atoms with Crippen LogP contribution in [-0.2, 0) is 0 Å². The highest BCUT2D eigenvalue weighted by Gasteiger charge is 2.07. The molecule has 0 aromatic carbocycles. The molecule has 0 aliphatic carbocycles. The van der Waals surface area contributed by atoms with Gasteiger partial charge in [-0.2, -0.15) is 0 Å². The number of H-pyrrole nitrogens is 1. The number of nitrogens with one attached hydrogen (secondary N) is 1. The second kappa shape index (κ2) is 3.26. The average Bonchev–Trinajstić information content (AvgIpc) is 2.47. The van der Waals surface area contributed by atoms with Crippen LogP contribution in [0.1, 0.15) is 10.5 Å². The van der Waals surface area contributed by atoms with Crippen molar-refractivity contribution in [3.8, 4) is 0 Å². The Balaban J connectivity index is 2.83. The van der Waals surface area contributed by atoms with E-state index in [-0.39, 0.29) is 5.69 Å². The Morgan fingerprint density at radius 2 is 2.38 bits per heavy atom. The second-order valence-electron chi connectivity index (χ2n) is 2.51. The minimum Gasteiger partial charge on any atom is -0.345 e. The zero-order chi connectivity index (χ0) is 9.42. The summed E-state index contributed by atoms with van der Waals surface area (Å²) in [5.41, 5.74) is 0.961. The number of carbonyl (C=O) groups excluding carboxylic acids is 1. The lowest BCUT2D eigenvalue weighted by atomic mass is 10.3. The number of rotatable bonds is 1. The summed E-state index contributed by atoms with van der Waals surface area (Å²) in [6, 6.07) is 1.74. The molecule has 3 nitrogen and oxygen atoms in total. The van der Waals surface area contributed by atoms with Gasteiger partial charge in [-0.05, 0) is 28.7 Å². The normalized spacial score (nSPS) is 10.6. The van der Waals surface area contributed by atoms with E-state index >= 15 is 0 Å². The lowest BCUT2D eigenvalue weighted by molar-refractivity contribution is 0.111. The first-order chi connectivity index (χ1) is 6.22. The lowest BCUT2D eigenvalue weighted by Gasteiger charge is -1.95. The van der Waals surface area contributed by atoms with Crippen LogP contribution in [0.3, 0.4) is 0 Å². The maximum absolute atomic E-state index is 10.5. The van der Waals surface area contributed by atoms with Gasteiger partial charge in [0.1, 0.15) is 11.3 Å². The van der Waals surface area contributed by atoms with Crippen LogP contribution in [0.2, 0.25) is 5.02 Å². The van der Waals surface area contributed by atoms with Gasteiger partial charge >= 0.3 is 0 Å². The maximum atomic E-state index is 10.5. The molecule has 0 saturated heterocycles. The first-order valence-corrected chi connectivity index (χ1v) is 4.96. The quantitative estimate of drug-likeness (QED) is 0.650. The topological polar surface area (TPSA) is 45.8 Å². The molecule has 66 valence electrons. The smallest absolute Gasteiger partial charge is 0.170 e. The second-order valence-corrected chi connectivity index (χ2v) is 4.08. The SMILES string of the molecule is O=Cc1nc2[nH]cc(I)c2cc1Cl. The molecule has 0 unspecified atom stereocenters. The Kier molecular flexibility index (Phi) is 2.25. The molecular formula is C8H4ClIN2O. The summed E-state index contributed by atoms with van der Waals surface area (Å²) in [5.74, 6) is 0. The number of pyridine rings is 1. The number of aromatic amines is 1. The number of fused-ring (bicyclic) bond motifs is 1. The number of nitrogens with zero attached hydrogens (tertiary/aromatic N) is 1. The summed E-state index contributed by atoms with van der Waals surface area (Å²) in [4.78, 5) is 17.5. The maximum Gasteiger partial charge on any atom is 0.170 e. The van der Waals surface area contributed by atoms with E-state index in [9.17, 15) is 4.79 Å². The Bertz CT molecular complexity index is 480. The van der Waals surface area contributed by atoms with E-state index in [2.05, 4.69) is 32.6 Å². The Labute approximate surface area is 92.6 Å². The average molecular weight is 306 g/mol. The van der Waals surface area contributed by atoms with Gasteiger partial charge in [0.25, 0.3) is 0 Å². The highest BCUT2D eigenvalue weighted by atomic mass is 127. The van der Waals surface area contributed by atoms with Crippen LogP contribution in [0.4, 0.5) is 0 Å². The number of carbonyl (C=O) groups is 1. The van der Waals surface area contributed by atoms with Gasteiger partial charge in [0.05, 0.1) is 5.02 Å². The summed E-state index contributed by atoms with van der Waals surface area (Å²) >= 11 is 8.00. The van der Waals surface area contributed by atoms with E-state index in [0.29, 0.717) is 17.0 Å². The molecule has 0 bridgehead atoms. The fraction of sp³-hybridized carbons (Fsp3) is 0. The molecule has 2 aromatic heterocycles. The summed E-state index contributed by atoms with van der Waals surface area (Å²) < 4.78 is 1.04. The van der Waals surface area contributed by atoms with Crippen molar-refractivity contribution in [1.29, 1.82) is 0 Å². The van der Waals surface area contributed by atoms with E-state index in [4.69, 9.17) is 11.6 Å². The van der Waals surface area contributed by atoms with Gasteiger partial charge in [-0.25, -0.2) is 4.98 Å². The van der Waals surface area contributed by atoms with Crippen LogP contribution in [0.15, 0.2) is 12.3 Å². The van der Waals surface area contributed by atoms with Crippen LogP contribution in [0.25, 0.3) is 11.0 Å². The van der Waals surface area contributed by atoms with E-state index in [1.165, 1.54) is 0 Å². The lowest BCUT2D eigenvalue weighted by Crippen LogP contribution is -1.88. The van der Waals surface area contributed by atoms with Gasteiger partial charge in [-0.15, -0.1) is 0 Å². The predicted molar refractivity (Wildman–Crippen MR) is 59.2 cm³/mol. The standard InChI is InChI=1S/C8H4ClIN2O/c9-5-1-4-6(10)2-11-8(4)12-7(5)3-13/h1-3H,(H,11,12). The molecule has 13 heavy (non-hydrogen) atoms. The molecule has 2 aromatic rings. The van der Waals surface area contributed by atoms with Crippen LogP contribution in [-0.4, -0.2) is 16.3 Å². The van der Waals surface area contributed by atoms with Crippen molar-refractivity contribution in [2.45, 2.75) is 0 Å². The number of aldehydes is 1. The van der Waals surface area contributed by atoms with E-state index in [0.717, 1.165) is 8.96 Å². The van der Waals surface area contributed by atoms with Gasteiger partial charge in [0, 0.05) is 15.2 Å². The Morgan fingerprint density at radius 3 is 3.08 bits per heavy atom. The first kappa shape index (κ1) is 8.96. The molecule has 0 amide bonds. The van der Waals surface area contributed by atoms with Crippen LogP contribution in [0.5, 0.6) is 0 Å². The van der Waals surface area contributed by atoms with Gasteiger partial charge < -0.3 is 4.98 Å². The highest BCUT2D eigenvalue weighted by Crippen LogP contribution is 2.23. The molecule has 2 heterocycles. The molecule has 0 aliphatic rings. The van der Waals surface area contributed by atoms with Crippen molar-refractivity contribution in [3.63, 3.8) is 0 Å². The molecule has 0 saturated carbocycles. The molecule has 0 atom stereocenters. The third-order valence-corrected chi connectivity index (χ3v) is 2.90. The molecule has 0 aliphatic heterocycles. The number of aromatic nitrogens is 2. The number of halogens is 2. The minimum atomic E-state index is 0.271. The third-order valence-electron chi connectivity index (χ3n) is 1.71. The summed E-state index contributed by atoms with van der Waals surface area (Å²) in [7, 11) is 0. The summed E-state index contributed by atoms with van der Waals surface area (Å²) in [6.45, 7) is 0. The predicted octanol–water partition coefficient (Wildman–Crippen LogP) is 2.63. The molecular weight excluding hydrogens is 302 g/mol. The van der Waals surface area contributed by atoms with Crippen molar-refractivity contribution in [2.24, 2.45) is 0 Å². The molecule has 5 heteroatoms. The largest absolute Gasteiger partial charge is 0.345 e.